The first-order valence-electron chi connectivity index (χ1n) is 9.98. The van der Waals surface area contributed by atoms with Crippen molar-refractivity contribution >= 4 is 11.8 Å². The van der Waals surface area contributed by atoms with E-state index in [4.69, 9.17) is 0 Å². The van der Waals surface area contributed by atoms with Gasteiger partial charge < -0.3 is 20.9 Å². The van der Waals surface area contributed by atoms with E-state index in [0.717, 1.165) is 44.1 Å². The topological polar surface area (TPSA) is 73.5 Å². The molecular weight excluding hydrogens is 352 g/mol. The summed E-state index contributed by atoms with van der Waals surface area (Å²) >= 11 is 0. The van der Waals surface area contributed by atoms with E-state index in [-0.39, 0.29) is 22.9 Å². The highest BCUT2D eigenvalue weighted by atomic mass is 16.2. The molecule has 2 bridgehead atoms. The fourth-order valence-corrected chi connectivity index (χ4v) is 4.89. The Kier molecular flexibility index (Phi) is 4.65. The van der Waals surface area contributed by atoms with Crippen molar-refractivity contribution in [2.24, 2.45) is 0 Å². The summed E-state index contributed by atoms with van der Waals surface area (Å²) in [5.41, 5.74) is 1.86. The molecule has 0 radical (unpaired) electrons. The minimum absolute atomic E-state index is 0.0175. The molecule has 2 unspecified atom stereocenters. The zero-order chi connectivity index (χ0) is 19.8. The van der Waals surface area contributed by atoms with Gasteiger partial charge in [-0.2, -0.15) is 0 Å². The van der Waals surface area contributed by atoms with E-state index < -0.39 is 0 Å². The van der Waals surface area contributed by atoms with Gasteiger partial charge in [-0.25, -0.2) is 0 Å². The zero-order valence-corrected chi connectivity index (χ0v) is 16.5. The summed E-state index contributed by atoms with van der Waals surface area (Å²) in [7, 11) is 1.89. The lowest BCUT2D eigenvalue weighted by Crippen LogP contribution is -2.56. The molecule has 4 rings (SSSR count). The number of aryl methyl sites for hydroxylation is 1. The molecule has 2 atom stereocenters. The van der Waals surface area contributed by atoms with Crippen LogP contribution in [0.15, 0.2) is 48.6 Å². The van der Waals surface area contributed by atoms with Crippen molar-refractivity contribution in [3.05, 3.63) is 59.7 Å². The Hall–Kier alpha value is -2.76. The van der Waals surface area contributed by atoms with Gasteiger partial charge in [0.1, 0.15) is 5.70 Å². The van der Waals surface area contributed by atoms with E-state index in [1.165, 1.54) is 0 Å². The molecule has 2 aliphatic carbocycles. The number of rotatable bonds is 4. The summed E-state index contributed by atoms with van der Waals surface area (Å²) < 4.78 is 0. The van der Waals surface area contributed by atoms with E-state index in [2.05, 4.69) is 16.0 Å². The highest BCUT2D eigenvalue weighted by Crippen LogP contribution is 2.48. The van der Waals surface area contributed by atoms with Crippen molar-refractivity contribution in [3.8, 4) is 0 Å². The Balaban J connectivity index is 1.45. The number of hydrogen-bond acceptors (Lipinski definition) is 4. The summed E-state index contributed by atoms with van der Waals surface area (Å²) in [5.74, 6) is -0.102. The van der Waals surface area contributed by atoms with Crippen LogP contribution >= 0.6 is 0 Å². The number of benzene rings is 1. The number of nitrogens with zero attached hydrogens (tertiary/aromatic N) is 1. The highest BCUT2D eigenvalue weighted by molar-refractivity contribution is 5.95. The first-order valence-corrected chi connectivity index (χ1v) is 9.98. The van der Waals surface area contributed by atoms with Gasteiger partial charge in [-0.15, -0.1) is 0 Å². The molecule has 0 saturated heterocycles. The number of amides is 2. The van der Waals surface area contributed by atoms with Crippen LogP contribution in [0, 0.1) is 6.92 Å². The summed E-state index contributed by atoms with van der Waals surface area (Å²) in [4.78, 5) is 27.5. The van der Waals surface area contributed by atoms with Crippen LogP contribution < -0.4 is 16.0 Å². The molecule has 1 aromatic carbocycles. The zero-order valence-electron chi connectivity index (χ0n) is 16.5. The van der Waals surface area contributed by atoms with Crippen LogP contribution in [-0.2, 0) is 4.79 Å². The van der Waals surface area contributed by atoms with E-state index >= 15 is 0 Å². The normalized spacial score (nSPS) is 28.4. The van der Waals surface area contributed by atoms with Gasteiger partial charge in [0, 0.05) is 42.3 Å². The Morgan fingerprint density at radius 3 is 2.46 bits per heavy atom. The van der Waals surface area contributed by atoms with Gasteiger partial charge in [-0.3, -0.25) is 9.59 Å². The summed E-state index contributed by atoms with van der Waals surface area (Å²) in [6.07, 6.45) is 10.9. The van der Waals surface area contributed by atoms with Crippen LogP contribution in [0.5, 0.6) is 0 Å². The molecule has 1 heterocycles. The molecule has 3 N–H and O–H groups in total. The standard InChI is InChI=1S/C22H28N4O2/c1-16-5-3-6-17(13-16)19(27)24-21-7-4-8-22(15-21,10-9-21)25-20(28)18-14-26(2)12-11-23-18/h3,5-6,11-14,23H,4,7-10,15H2,1-2H3,(H,24,27)(H,25,28). The molecule has 2 amide bonds. The molecule has 148 valence electrons. The van der Waals surface area contributed by atoms with Crippen molar-refractivity contribution < 1.29 is 9.59 Å². The first kappa shape index (κ1) is 18.6. The summed E-state index contributed by atoms with van der Waals surface area (Å²) in [6.45, 7) is 1.99. The maximum absolute atomic E-state index is 12.8. The lowest BCUT2D eigenvalue weighted by molar-refractivity contribution is -0.120. The van der Waals surface area contributed by atoms with E-state index in [1.54, 1.807) is 12.4 Å². The first-order chi connectivity index (χ1) is 13.4. The molecule has 2 fully saturated rings. The minimum Gasteiger partial charge on any atom is -0.355 e. The number of carbonyl (C=O) groups is 2. The van der Waals surface area contributed by atoms with Crippen LogP contribution in [0.2, 0.25) is 0 Å². The SMILES string of the molecule is Cc1cccc(C(=O)NC23CCCC(NC(=O)C4=CN(C)C=CN4)(CC2)C3)c1. The average molecular weight is 380 g/mol. The lowest BCUT2D eigenvalue weighted by Gasteiger charge is -2.40. The number of fused-ring (bicyclic) bond motifs is 2. The second kappa shape index (κ2) is 7.00. The number of nitrogens with one attached hydrogen (secondary N) is 3. The molecule has 1 aromatic rings. The van der Waals surface area contributed by atoms with Gasteiger partial charge >= 0.3 is 0 Å². The van der Waals surface area contributed by atoms with Crippen LogP contribution in [-0.4, -0.2) is 34.8 Å². The summed E-state index contributed by atoms with van der Waals surface area (Å²) in [5, 5.41) is 9.61. The van der Waals surface area contributed by atoms with Gasteiger partial charge in [0.2, 0.25) is 0 Å². The lowest BCUT2D eigenvalue weighted by atomic mass is 9.78. The third-order valence-corrected chi connectivity index (χ3v) is 6.23. The minimum atomic E-state index is -0.239. The van der Waals surface area contributed by atoms with Gasteiger partial charge in [0.15, 0.2) is 0 Å². The van der Waals surface area contributed by atoms with Gasteiger partial charge in [-0.1, -0.05) is 17.7 Å². The molecule has 3 aliphatic rings. The maximum atomic E-state index is 12.8. The van der Waals surface area contributed by atoms with Gasteiger partial charge in [0.25, 0.3) is 11.8 Å². The average Bonchev–Trinajstić information content (AvgIpc) is 2.91. The van der Waals surface area contributed by atoms with Crippen LogP contribution in [0.25, 0.3) is 0 Å². The quantitative estimate of drug-likeness (QED) is 0.751. The smallest absolute Gasteiger partial charge is 0.269 e. The van der Waals surface area contributed by atoms with Crippen LogP contribution in [0.4, 0.5) is 0 Å². The van der Waals surface area contributed by atoms with Crippen molar-refractivity contribution in [3.63, 3.8) is 0 Å². The van der Waals surface area contributed by atoms with Crippen molar-refractivity contribution in [1.29, 1.82) is 0 Å². The number of hydrogen-bond donors (Lipinski definition) is 3. The monoisotopic (exact) mass is 380 g/mol. The van der Waals surface area contributed by atoms with Crippen LogP contribution in [0.1, 0.15) is 54.4 Å². The maximum Gasteiger partial charge on any atom is 0.269 e. The highest BCUT2D eigenvalue weighted by Gasteiger charge is 2.52. The van der Waals surface area contributed by atoms with Gasteiger partial charge in [0.05, 0.1) is 0 Å². The third-order valence-electron chi connectivity index (χ3n) is 6.23. The largest absolute Gasteiger partial charge is 0.355 e. The van der Waals surface area contributed by atoms with Crippen molar-refractivity contribution in [1.82, 2.24) is 20.9 Å². The molecule has 2 saturated carbocycles. The molecule has 6 nitrogen and oxygen atoms in total. The summed E-state index contributed by atoms with van der Waals surface area (Å²) in [6, 6.07) is 7.69. The van der Waals surface area contributed by atoms with E-state index in [9.17, 15) is 9.59 Å². The second-order valence-electron chi connectivity index (χ2n) is 8.54. The van der Waals surface area contributed by atoms with Crippen molar-refractivity contribution in [2.75, 3.05) is 7.05 Å². The predicted molar refractivity (Wildman–Crippen MR) is 108 cm³/mol. The molecular formula is C22H28N4O2. The molecule has 6 heteroatoms. The Labute approximate surface area is 166 Å². The van der Waals surface area contributed by atoms with Gasteiger partial charge in [-0.05, 0) is 57.6 Å². The van der Waals surface area contributed by atoms with Crippen LogP contribution in [0.3, 0.4) is 0 Å². The van der Waals surface area contributed by atoms with E-state index in [1.807, 2.05) is 49.3 Å². The van der Waals surface area contributed by atoms with Crippen molar-refractivity contribution in [2.45, 2.75) is 56.5 Å². The molecule has 0 spiro atoms. The molecule has 28 heavy (non-hydrogen) atoms. The third kappa shape index (κ3) is 3.63. The molecule has 0 aromatic heterocycles. The molecule has 1 aliphatic heterocycles. The second-order valence-corrected chi connectivity index (χ2v) is 8.54. The Bertz CT molecular complexity index is 862. The number of carbonyl (C=O) groups excluding carboxylic acids is 2. The Morgan fingerprint density at radius 1 is 1.07 bits per heavy atom. The fraction of sp³-hybridized carbons (Fsp3) is 0.455. The van der Waals surface area contributed by atoms with E-state index in [0.29, 0.717) is 11.3 Å². The fourth-order valence-electron chi connectivity index (χ4n) is 4.89. The predicted octanol–water partition coefficient (Wildman–Crippen LogP) is 2.53. The Morgan fingerprint density at radius 2 is 1.79 bits per heavy atom.